The number of nitrogens with one attached hydrogen (secondary N) is 2. The maximum absolute atomic E-state index is 12.2. The molecule has 1 unspecified atom stereocenters. The number of aromatic amines is 1. The van der Waals surface area contributed by atoms with Crippen molar-refractivity contribution in [3.05, 3.63) is 23.8 Å². The minimum Gasteiger partial charge on any atom is -0.352 e. The van der Waals surface area contributed by atoms with E-state index >= 15 is 0 Å². The van der Waals surface area contributed by atoms with Crippen LogP contribution in [-0.2, 0) is 10.0 Å². The number of nitrogens with zero attached hydrogens (tertiary/aromatic N) is 3. The van der Waals surface area contributed by atoms with Crippen LogP contribution in [-0.4, -0.2) is 59.9 Å². The first-order valence-electron chi connectivity index (χ1n) is 7.47. The minimum absolute atomic E-state index is 0.137. The zero-order valence-corrected chi connectivity index (χ0v) is 13.6. The highest BCUT2D eigenvalue weighted by atomic mass is 32.2. The molecule has 0 radical (unpaired) electrons. The Labute approximate surface area is 134 Å². The van der Waals surface area contributed by atoms with Gasteiger partial charge in [-0.2, -0.15) is 15.4 Å². The first-order valence-corrected chi connectivity index (χ1v) is 9.32. The molecule has 23 heavy (non-hydrogen) atoms. The number of carbonyl (C=O) groups is 1. The minimum atomic E-state index is -3.17. The lowest BCUT2D eigenvalue weighted by atomic mass is 9.99. The van der Waals surface area contributed by atoms with Crippen molar-refractivity contribution in [1.82, 2.24) is 25.0 Å². The Morgan fingerprint density at radius 3 is 2.96 bits per heavy atom. The van der Waals surface area contributed by atoms with Gasteiger partial charge < -0.3 is 5.32 Å². The molecule has 1 aliphatic rings. The van der Waals surface area contributed by atoms with Crippen LogP contribution in [0.3, 0.4) is 0 Å². The molecule has 1 aliphatic heterocycles. The van der Waals surface area contributed by atoms with Gasteiger partial charge in [-0.3, -0.25) is 4.79 Å². The van der Waals surface area contributed by atoms with Gasteiger partial charge in [0.05, 0.1) is 6.26 Å². The highest BCUT2D eigenvalue weighted by molar-refractivity contribution is 7.88. The number of rotatable bonds is 4. The Hall–Kier alpha value is -2.00. The highest BCUT2D eigenvalue weighted by Crippen LogP contribution is 2.18. The van der Waals surface area contributed by atoms with Gasteiger partial charge in [-0.15, -0.1) is 0 Å². The maximum atomic E-state index is 12.2. The molecule has 0 aliphatic carbocycles. The van der Waals surface area contributed by atoms with Crippen LogP contribution in [0.5, 0.6) is 0 Å². The standard InChI is InChI=1S/C14H19N5O3S/c1-23(21,22)19-6-2-3-10(9-19)8-15-14(20)11-4-5-12-13(7-11)17-18-16-12/h4-5,7,10H,2-3,6,8-9H2,1H3,(H,15,20)(H,16,17,18). The van der Waals surface area contributed by atoms with E-state index in [9.17, 15) is 13.2 Å². The average molecular weight is 337 g/mol. The van der Waals surface area contributed by atoms with E-state index in [4.69, 9.17) is 0 Å². The van der Waals surface area contributed by atoms with E-state index in [1.54, 1.807) is 18.2 Å². The largest absolute Gasteiger partial charge is 0.352 e. The molecule has 0 bridgehead atoms. The molecule has 2 heterocycles. The second kappa shape index (κ2) is 6.25. The molecule has 1 aromatic heterocycles. The van der Waals surface area contributed by atoms with Crippen LogP contribution in [0.2, 0.25) is 0 Å². The van der Waals surface area contributed by atoms with Crippen LogP contribution in [0.25, 0.3) is 11.0 Å². The first-order chi connectivity index (χ1) is 10.9. The molecule has 1 fully saturated rings. The molecule has 0 spiro atoms. The molecule has 9 heteroatoms. The van der Waals surface area contributed by atoms with Crippen LogP contribution in [0.4, 0.5) is 0 Å². The Kier molecular flexibility index (Phi) is 4.31. The number of aromatic nitrogens is 3. The van der Waals surface area contributed by atoms with Gasteiger partial charge in [-0.05, 0) is 37.0 Å². The lowest BCUT2D eigenvalue weighted by Crippen LogP contribution is -2.43. The molecule has 124 valence electrons. The normalized spacial score (nSPS) is 19.8. The highest BCUT2D eigenvalue weighted by Gasteiger charge is 2.26. The number of piperidine rings is 1. The van der Waals surface area contributed by atoms with Crippen LogP contribution in [0.15, 0.2) is 18.2 Å². The van der Waals surface area contributed by atoms with Crippen LogP contribution >= 0.6 is 0 Å². The monoisotopic (exact) mass is 337 g/mol. The second-order valence-electron chi connectivity index (χ2n) is 5.87. The third kappa shape index (κ3) is 3.67. The Morgan fingerprint density at radius 1 is 1.39 bits per heavy atom. The molecule has 8 nitrogen and oxygen atoms in total. The summed E-state index contributed by atoms with van der Waals surface area (Å²) in [7, 11) is -3.17. The van der Waals surface area contributed by atoms with Crippen LogP contribution in [0.1, 0.15) is 23.2 Å². The number of hydrogen-bond donors (Lipinski definition) is 2. The number of fused-ring (bicyclic) bond motifs is 1. The molecule has 2 N–H and O–H groups in total. The molecular formula is C14H19N5O3S. The average Bonchev–Trinajstić information content (AvgIpc) is 2.99. The third-order valence-electron chi connectivity index (χ3n) is 4.08. The fraction of sp³-hybridized carbons (Fsp3) is 0.500. The molecular weight excluding hydrogens is 318 g/mol. The van der Waals surface area contributed by atoms with Gasteiger partial charge in [0.1, 0.15) is 11.0 Å². The maximum Gasteiger partial charge on any atom is 0.251 e. The number of amides is 1. The molecule has 1 amide bonds. The van der Waals surface area contributed by atoms with Gasteiger partial charge in [0, 0.05) is 25.2 Å². The van der Waals surface area contributed by atoms with Gasteiger partial charge in [0.25, 0.3) is 5.91 Å². The summed E-state index contributed by atoms with van der Waals surface area (Å²) in [5.74, 6) is -0.0513. The van der Waals surface area contributed by atoms with Crippen molar-refractivity contribution in [1.29, 1.82) is 0 Å². The summed E-state index contributed by atoms with van der Waals surface area (Å²) in [5.41, 5.74) is 1.86. The van der Waals surface area contributed by atoms with E-state index in [1.807, 2.05) is 0 Å². The van der Waals surface area contributed by atoms with Crippen molar-refractivity contribution in [2.75, 3.05) is 25.9 Å². The first kappa shape index (κ1) is 15.9. The SMILES string of the molecule is CS(=O)(=O)N1CCCC(CNC(=O)c2ccc3n[nH]nc3c2)C1. The van der Waals surface area contributed by atoms with E-state index < -0.39 is 10.0 Å². The zero-order valence-electron chi connectivity index (χ0n) is 12.8. The number of sulfonamides is 1. The van der Waals surface area contributed by atoms with Crippen molar-refractivity contribution < 1.29 is 13.2 Å². The molecule has 1 saturated heterocycles. The van der Waals surface area contributed by atoms with Crippen LogP contribution < -0.4 is 5.32 Å². The van der Waals surface area contributed by atoms with Gasteiger partial charge in [-0.25, -0.2) is 12.7 Å². The fourth-order valence-electron chi connectivity index (χ4n) is 2.82. The van der Waals surface area contributed by atoms with Crippen molar-refractivity contribution >= 4 is 27.0 Å². The number of hydrogen-bond acceptors (Lipinski definition) is 5. The predicted molar refractivity (Wildman–Crippen MR) is 85.4 cm³/mol. The summed E-state index contributed by atoms with van der Waals surface area (Å²) >= 11 is 0. The molecule has 1 atom stereocenters. The topological polar surface area (TPSA) is 108 Å². The van der Waals surface area contributed by atoms with E-state index in [-0.39, 0.29) is 11.8 Å². The quantitative estimate of drug-likeness (QED) is 0.837. The van der Waals surface area contributed by atoms with Gasteiger partial charge in [0.2, 0.25) is 10.0 Å². The summed E-state index contributed by atoms with van der Waals surface area (Å²) in [6.07, 6.45) is 2.95. The third-order valence-corrected chi connectivity index (χ3v) is 5.35. The Morgan fingerprint density at radius 2 is 2.17 bits per heavy atom. The summed E-state index contributed by atoms with van der Waals surface area (Å²) in [6.45, 7) is 1.48. The number of benzene rings is 1. The zero-order chi connectivity index (χ0) is 16.4. The molecule has 1 aromatic carbocycles. The summed E-state index contributed by atoms with van der Waals surface area (Å²) in [5, 5.41) is 13.3. The van der Waals surface area contributed by atoms with E-state index in [0.29, 0.717) is 36.2 Å². The van der Waals surface area contributed by atoms with E-state index in [0.717, 1.165) is 12.8 Å². The smallest absolute Gasteiger partial charge is 0.251 e. The Balaban J connectivity index is 1.60. The van der Waals surface area contributed by atoms with E-state index in [2.05, 4.69) is 20.7 Å². The van der Waals surface area contributed by atoms with Crippen molar-refractivity contribution in [3.63, 3.8) is 0 Å². The second-order valence-corrected chi connectivity index (χ2v) is 7.85. The Bertz CT molecular complexity index is 817. The van der Waals surface area contributed by atoms with Crippen LogP contribution in [0, 0.1) is 5.92 Å². The number of H-pyrrole nitrogens is 1. The fourth-order valence-corrected chi connectivity index (χ4v) is 3.76. The molecule has 0 saturated carbocycles. The predicted octanol–water partition coefficient (Wildman–Crippen LogP) is 0.359. The molecule has 2 aromatic rings. The summed E-state index contributed by atoms with van der Waals surface area (Å²) < 4.78 is 24.7. The lowest BCUT2D eigenvalue weighted by Gasteiger charge is -2.30. The number of carbonyl (C=O) groups excluding carboxylic acids is 1. The van der Waals surface area contributed by atoms with Crippen molar-refractivity contribution in [2.45, 2.75) is 12.8 Å². The van der Waals surface area contributed by atoms with Crippen molar-refractivity contribution in [3.8, 4) is 0 Å². The lowest BCUT2D eigenvalue weighted by molar-refractivity contribution is 0.0941. The van der Waals surface area contributed by atoms with Gasteiger partial charge in [-0.1, -0.05) is 0 Å². The summed E-state index contributed by atoms with van der Waals surface area (Å²) in [4.78, 5) is 12.2. The van der Waals surface area contributed by atoms with E-state index in [1.165, 1.54) is 10.6 Å². The van der Waals surface area contributed by atoms with Gasteiger partial charge >= 0.3 is 0 Å². The van der Waals surface area contributed by atoms with Gasteiger partial charge in [0.15, 0.2) is 0 Å². The van der Waals surface area contributed by atoms with Crippen molar-refractivity contribution in [2.24, 2.45) is 5.92 Å². The summed E-state index contributed by atoms with van der Waals surface area (Å²) in [6, 6.07) is 5.11. The molecule has 3 rings (SSSR count).